The number of aromatic nitrogens is 1. The first-order chi connectivity index (χ1) is 9.99. The minimum Gasteiger partial charge on any atom is -0.473 e. The highest BCUT2D eigenvalue weighted by Gasteiger charge is 2.04. The van der Waals surface area contributed by atoms with Crippen molar-refractivity contribution in [3.63, 3.8) is 0 Å². The molecule has 2 aromatic rings. The maximum absolute atomic E-state index is 9.10. The third-order valence-corrected chi connectivity index (χ3v) is 2.61. The fraction of sp³-hybridized carbons (Fsp3) is 0.200. The number of aliphatic carboxylic acids is 2. The van der Waals surface area contributed by atoms with Crippen LogP contribution in [-0.4, -0.2) is 27.1 Å². The van der Waals surface area contributed by atoms with Crippen molar-refractivity contribution in [1.29, 1.82) is 0 Å². The topological polar surface area (TPSA) is 102 Å². The van der Waals surface area contributed by atoms with Crippen LogP contribution in [0, 0.1) is 6.92 Å². The summed E-state index contributed by atoms with van der Waals surface area (Å²) in [6, 6.07) is 12.7. The summed E-state index contributed by atoms with van der Waals surface area (Å²) in [4.78, 5) is 21.4. The van der Waals surface area contributed by atoms with Crippen molar-refractivity contribution in [3.8, 4) is 0 Å². The fourth-order valence-corrected chi connectivity index (χ4v) is 1.52. The predicted octanol–water partition coefficient (Wildman–Crippen LogP) is 1.77. The zero-order valence-electron chi connectivity index (χ0n) is 11.7. The summed E-state index contributed by atoms with van der Waals surface area (Å²) in [6.07, 6.45) is 1.95. The first-order valence-electron chi connectivity index (χ1n) is 6.34. The molecule has 6 heteroatoms. The fourth-order valence-electron chi connectivity index (χ4n) is 1.52. The summed E-state index contributed by atoms with van der Waals surface area (Å²) >= 11 is 0. The maximum atomic E-state index is 9.10. The molecule has 0 aliphatic rings. The number of carbonyl (C=O) groups is 2. The SMILES string of the molecule is Cc1ccc(CNCc2ccc[nH]2)cc1.O=C(O)C(=O)O. The molecule has 0 fully saturated rings. The average molecular weight is 290 g/mol. The van der Waals surface area contributed by atoms with E-state index in [-0.39, 0.29) is 0 Å². The van der Waals surface area contributed by atoms with Gasteiger partial charge in [0.2, 0.25) is 0 Å². The van der Waals surface area contributed by atoms with Gasteiger partial charge in [0.1, 0.15) is 0 Å². The lowest BCUT2D eigenvalue weighted by Crippen LogP contribution is -2.12. The Morgan fingerprint density at radius 3 is 2.14 bits per heavy atom. The summed E-state index contributed by atoms with van der Waals surface area (Å²) in [7, 11) is 0. The maximum Gasteiger partial charge on any atom is 0.414 e. The lowest BCUT2D eigenvalue weighted by atomic mass is 10.1. The number of rotatable bonds is 4. The van der Waals surface area contributed by atoms with E-state index in [1.54, 1.807) is 0 Å². The second-order valence-corrected chi connectivity index (χ2v) is 4.39. The Hall–Kier alpha value is -2.60. The predicted molar refractivity (Wildman–Crippen MR) is 77.8 cm³/mol. The molecular weight excluding hydrogens is 272 g/mol. The molecule has 0 radical (unpaired) electrons. The highest BCUT2D eigenvalue weighted by atomic mass is 16.4. The minimum absolute atomic E-state index is 0.890. The Morgan fingerprint density at radius 1 is 1.05 bits per heavy atom. The zero-order chi connectivity index (χ0) is 15.7. The van der Waals surface area contributed by atoms with Crippen LogP contribution >= 0.6 is 0 Å². The summed E-state index contributed by atoms with van der Waals surface area (Å²) in [5.41, 5.74) is 3.86. The average Bonchev–Trinajstić information content (AvgIpc) is 2.95. The van der Waals surface area contributed by atoms with E-state index < -0.39 is 11.9 Å². The summed E-state index contributed by atoms with van der Waals surface area (Å²) in [5, 5.41) is 18.2. The molecule has 21 heavy (non-hydrogen) atoms. The standard InChI is InChI=1S/C13H16N2.C2H2O4/c1-11-4-6-12(7-5-11)9-14-10-13-3-2-8-15-13;3-1(4)2(5)6/h2-8,14-15H,9-10H2,1H3;(H,3,4)(H,5,6). The van der Waals surface area contributed by atoms with Crippen LogP contribution in [0.3, 0.4) is 0 Å². The van der Waals surface area contributed by atoms with Crippen molar-refractivity contribution in [3.05, 3.63) is 59.4 Å². The van der Waals surface area contributed by atoms with Crippen molar-refractivity contribution >= 4 is 11.9 Å². The van der Waals surface area contributed by atoms with Gasteiger partial charge in [-0.2, -0.15) is 0 Å². The highest BCUT2D eigenvalue weighted by Crippen LogP contribution is 2.03. The van der Waals surface area contributed by atoms with Crippen LogP contribution in [0.25, 0.3) is 0 Å². The van der Waals surface area contributed by atoms with Gasteiger partial charge < -0.3 is 20.5 Å². The second kappa shape index (κ2) is 8.55. The van der Waals surface area contributed by atoms with Crippen LogP contribution in [0.4, 0.5) is 0 Å². The van der Waals surface area contributed by atoms with E-state index in [1.165, 1.54) is 16.8 Å². The third kappa shape index (κ3) is 6.93. The molecule has 6 nitrogen and oxygen atoms in total. The number of hydrogen-bond donors (Lipinski definition) is 4. The molecule has 0 bridgehead atoms. The molecular formula is C15H18N2O4. The molecule has 0 saturated carbocycles. The number of nitrogens with one attached hydrogen (secondary N) is 2. The van der Waals surface area contributed by atoms with Gasteiger partial charge in [-0.05, 0) is 24.6 Å². The number of carboxylic acid groups (broad SMARTS) is 2. The second-order valence-electron chi connectivity index (χ2n) is 4.39. The molecule has 0 aliphatic heterocycles. The van der Waals surface area contributed by atoms with Crippen molar-refractivity contribution in [1.82, 2.24) is 10.3 Å². The van der Waals surface area contributed by atoms with Gasteiger partial charge >= 0.3 is 11.9 Å². The van der Waals surface area contributed by atoms with Crippen molar-refractivity contribution < 1.29 is 19.8 Å². The van der Waals surface area contributed by atoms with Crippen LogP contribution in [0.5, 0.6) is 0 Å². The largest absolute Gasteiger partial charge is 0.473 e. The Balaban J connectivity index is 0.000000315. The van der Waals surface area contributed by atoms with E-state index in [1.807, 2.05) is 12.3 Å². The number of benzene rings is 1. The van der Waals surface area contributed by atoms with E-state index in [9.17, 15) is 0 Å². The van der Waals surface area contributed by atoms with Crippen molar-refractivity contribution in [2.75, 3.05) is 0 Å². The van der Waals surface area contributed by atoms with Gasteiger partial charge in [-0.3, -0.25) is 0 Å². The van der Waals surface area contributed by atoms with Crippen LogP contribution in [0.15, 0.2) is 42.6 Å². The highest BCUT2D eigenvalue weighted by molar-refractivity contribution is 6.27. The van der Waals surface area contributed by atoms with Gasteiger partial charge in [0.05, 0.1) is 0 Å². The third-order valence-electron chi connectivity index (χ3n) is 2.61. The van der Waals surface area contributed by atoms with Gasteiger partial charge in [0.15, 0.2) is 0 Å². The molecule has 0 atom stereocenters. The minimum atomic E-state index is -1.82. The molecule has 0 amide bonds. The molecule has 0 aliphatic carbocycles. The van der Waals surface area contributed by atoms with Crippen LogP contribution in [0.1, 0.15) is 16.8 Å². The van der Waals surface area contributed by atoms with Gasteiger partial charge in [-0.1, -0.05) is 29.8 Å². The van der Waals surface area contributed by atoms with Crippen LogP contribution in [0.2, 0.25) is 0 Å². The first kappa shape index (κ1) is 16.5. The molecule has 1 aromatic heterocycles. The Kier molecular flexibility index (Phi) is 6.70. The Morgan fingerprint density at radius 2 is 1.67 bits per heavy atom. The quantitative estimate of drug-likeness (QED) is 0.643. The number of hydrogen-bond acceptors (Lipinski definition) is 3. The molecule has 1 aromatic carbocycles. The molecule has 0 saturated heterocycles. The molecule has 1 heterocycles. The van der Waals surface area contributed by atoms with Gasteiger partial charge in [-0.15, -0.1) is 0 Å². The number of aryl methyl sites for hydroxylation is 1. The van der Waals surface area contributed by atoms with E-state index >= 15 is 0 Å². The Labute approximate surface area is 122 Å². The van der Waals surface area contributed by atoms with Crippen molar-refractivity contribution in [2.24, 2.45) is 0 Å². The van der Waals surface area contributed by atoms with Gasteiger partial charge in [0.25, 0.3) is 0 Å². The van der Waals surface area contributed by atoms with Crippen molar-refractivity contribution in [2.45, 2.75) is 20.0 Å². The first-order valence-corrected chi connectivity index (χ1v) is 6.34. The molecule has 2 rings (SSSR count). The molecule has 112 valence electrons. The lowest BCUT2D eigenvalue weighted by molar-refractivity contribution is -0.159. The smallest absolute Gasteiger partial charge is 0.414 e. The van der Waals surface area contributed by atoms with Gasteiger partial charge in [0, 0.05) is 25.0 Å². The molecule has 0 unspecified atom stereocenters. The lowest BCUT2D eigenvalue weighted by Gasteiger charge is -2.03. The van der Waals surface area contributed by atoms with E-state index in [0.717, 1.165) is 13.1 Å². The number of carboxylic acids is 2. The molecule has 4 N–H and O–H groups in total. The zero-order valence-corrected chi connectivity index (χ0v) is 11.7. The van der Waals surface area contributed by atoms with Crippen LogP contribution in [-0.2, 0) is 22.7 Å². The number of aromatic amines is 1. The molecule has 0 spiro atoms. The number of H-pyrrole nitrogens is 1. The van der Waals surface area contributed by atoms with Gasteiger partial charge in [-0.25, -0.2) is 9.59 Å². The van der Waals surface area contributed by atoms with E-state index in [0.29, 0.717) is 0 Å². The van der Waals surface area contributed by atoms with E-state index in [4.69, 9.17) is 19.8 Å². The monoisotopic (exact) mass is 290 g/mol. The van der Waals surface area contributed by atoms with Crippen LogP contribution < -0.4 is 5.32 Å². The summed E-state index contributed by atoms with van der Waals surface area (Å²) in [5.74, 6) is -3.65. The summed E-state index contributed by atoms with van der Waals surface area (Å²) in [6.45, 7) is 3.91. The normalized spacial score (nSPS) is 9.57. The summed E-state index contributed by atoms with van der Waals surface area (Å²) < 4.78 is 0. The Bertz CT molecular complexity index is 550. The van der Waals surface area contributed by atoms with E-state index in [2.05, 4.69) is 47.6 Å².